The zero-order valence-electron chi connectivity index (χ0n) is 10.6. The van der Waals surface area contributed by atoms with Crippen LogP contribution in [-0.4, -0.2) is 27.8 Å². The molecule has 19 heavy (non-hydrogen) atoms. The highest BCUT2D eigenvalue weighted by Crippen LogP contribution is 2.18. The number of carboxylic acids is 1. The van der Waals surface area contributed by atoms with Gasteiger partial charge in [0, 0.05) is 12.1 Å². The Bertz CT molecular complexity index is 566. The lowest BCUT2D eigenvalue weighted by molar-refractivity contribution is -0.136. The topological polar surface area (TPSA) is 88.2 Å². The van der Waals surface area contributed by atoms with Crippen LogP contribution in [0.3, 0.4) is 0 Å². The van der Waals surface area contributed by atoms with E-state index in [1.807, 2.05) is 31.2 Å². The van der Waals surface area contributed by atoms with Gasteiger partial charge in [-0.3, -0.25) is 4.79 Å². The van der Waals surface area contributed by atoms with Gasteiger partial charge in [0.05, 0.1) is 13.0 Å². The lowest BCUT2D eigenvalue weighted by Gasteiger charge is -1.98. The molecule has 6 heteroatoms. The second-order valence-electron chi connectivity index (χ2n) is 4.19. The number of nitrogens with one attached hydrogen (secondary N) is 1. The van der Waals surface area contributed by atoms with E-state index >= 15 is 0 Å². The van der Waals surface area contributed by atoms with Crippen molar-refractivity contribution in [2.45, 2.75) is 19.9 Å². The summed E-state index contributed by atoms with van der Waals surface area (Å²) >= 11 is 0. The molecular weight excluding hydrogens is 246 g/mol. The molecule has 0 aliphatic heterocycles. The fourth-order valence-corrected chi connectivity index (χ4v) is 1.61. The van der Waals surface area contributed by atoms with Crippen molar-refractivity contribution in [3.8, 4) is 11.5 Å². The molecule has 1 aromatic carbocycles. The van der Waals surface area contributed by atoms with Crippen LogP contribution < -0.4 is 5.32 Å². The smallest absolute Gasteiger partial charge is 0.304 e. The van der Waals surface area contributed by atoms with Crippen molar-refractivity contribution < 1.29 is 14.3 Å². The molecule has 0 saturated carbocycles. The van der Waals surface area contributed by atoms with Crippen molar-refractivity contribution in [1.82, 2.24) is 15.5 Å². The molecule has 0 amide bonds. The Kier molecular flexibility index (Phi) is 4.25. The van der Waals surface area contributed by atoms with E-state index in [0.717, 1.165) is 11.1 Å². The van der Waals surface area contributed by atoms with Crippen LogP contribution in [0.15, 0.2) is 28.7 Å². The molecule has 2 aromatic rings. The Morgan fingerprint density at radius 3 is 3.00 bits per heavy atom. The van der Waals surface area contributed by atoms with Crippen molar-refractivity contribution >= 4 is 5.97 Å². The van der Waals surface area contributed by atoms with Gasteiger partial charge >= 0.3 is 5.97 Å². The Morgan fingerprint density at radius 2 is 2.26 bits per heavy atom. The molecule has 1 heterocycles. The summed E-state index contributed by atoms with van der Waals surface area (Å²) in [6.45, 7) is 2.73. The summed E-state index contributed by atoms with van der Waals surface area (Å²) in [4.78, 5) is 10.3. The lowest BCUT2D eigenvalue weighted by Crippen LogP contribution is -2.17. The predicted octanol–water partition coefficient (Wildman–Crippen LogP) is 1.61. The van der Waals surface area contributed by atoms with E-state index < -0.39 is 5.97 Å². The maximum atomic E-state index is 10.3. The van der Waals surface area contributed by atoms with E-state index in [1.54, 1.807) is 0 Å². The predicted molar refractivity (Wildman–Crippen MR) is 68.4 cm³/mol. The largest absolute Gasteiger partial charge is 0.481 e. The van der Waals surface area contributed by atoms with Crippen molar-refractivity contribution in [2.75, 3.05) is 6.54 Å². The molecule has 0 unspecified atom stereocenters. The zero-order valence-corrected chi connectivity index (χ0v) is 10.6. The van der Waals surface area contributed by atoms with Crippen molar-refractivity contribution in [3.63, 3.8) is 0 Å². The van der Waals surface area contributed by atoms with Crippen LogP contribution in [0.1, 0.15) is 17.9 Å². The zero-order chi connectivity index (χ0) is 13.7. The number of aromatic nitrogens is 2. The number of nitrogens with zero attached hydrogens (tertiary/aromatic N) is 2. The molecule has 2 rings (SSSR count). The van der Waals surface area contributed by atoms with Gasteiger partial charge in [-0.05, 0) is 19.1 Å². The number of rotatable bonds is 6. The van der Waals surface area contributed by atoms with Crippen molar-refractivity contribution in [3.05, 3.63) is 35.7 Å². The van der Waals surface area contributed by atoms with E-state index in [4.69, 9.17) is 9.52 Å². The van der Waals surface area contributed by atoms with Crippen LogP contribution in [0.2, 0.25) is 0 Å². The molecule has 0 bridgehead atoms. The lowest BCUT2D eigenvalue weighted by atomic mass is 10.1. The molecule has 0 fully saturated rings. The van der Waals surface area contributed by atoms with Crippen LogP contribution in [-0.2, 0) is 11.3 Å². The van der Waals surface area contributed by atoms with Gasteiger partial charge in [-0.25, -0.2) is 0 Å². The first-order chi connectivity index (χ1) is 9.15. The second kappa shape index (κ2) is 6.10. The summed E-state index contributed by atoms with van der Waals surface area (Å²) in [5, 5.41) is 19.3. The first-order valence-electron chi connectivity index (χ1n) is 5.97. The number of carbonyl (C=O) groups is 1. The van der Waals surface area contributed by atoms with Gasteiger partial charge in [0.2, 0.25) is 11.8 Å². The third-order valence-corrected chi connectivity index (χ3v) is 2.52. The van der Waals surface area contributed by atoms with Crippen molar-refractivity contribution in [2.24, 2.45) is 0 Å². The monoisotopic (exact) mass is 261 g/mol. The van der Waals surface area contributed by atoms with Gasteiger partial charge in [0.15, 0.2) is 0 Å². The van der Waals surface area contributed by atoms with E-state index in [0.29, 0.717) is 24.9 Å². The number of hydrogen-bond acceptors (Lipinski definition) is 5. The molecule has 0 spiro atoms. The van der Waals surface area contributed by atoms with Crippen LogP contribution in [0.5, 0.6) is 0 Å². The molecule has 0 atom stereocenters. The highest BCUT2D eigenvalue weighted by atomic mass is 16.4. The molecule has 0 aliphatic rings. The number of benzene rings is 1. The average molecular weight is 261 g/mol. The van der Waals surface area contributed by atoms with Gasteiger partial charge in [-0.15, -0.1) is 10.2 Å². The third-order valence-electron chi connectivity index (χ3n) is 2.52. The summed E-state index contributed by atoms with van der Waals surface area (Å²) in [6, 6.07) is 7.80. The first-order valence-corrected chi connectivity index (χ1v) is 5.97. The van der Waals surface area contributed by atoms with Gasteiger partial charge in [-0.1, -0.05) is 17.7 Å². The Morgan fingerprint density at radius 1 is 1.42 bits per heavy atom. The van der Waals surface area contributed by atoms with Gasteiger partial charge in [-0.2, -0.15) is 0 Å². The van der Waals surface area contributed by atoms with Gasteiger partial charge in [0.1, 0.15) is 0 Å². The van der Waals surface area contributed by atoms with Crippen LogP contribution in [0.25, 0.3) is 11.5 Å². The first kappa shape index (κ1) is 13.2. The van der Waals surface area contributed by atoms with Crippen LogP contribution in [0.4, 0.5) is 0 Å². The normalized spacial score (nSPS) is 10.6. The molecule has 0 aliphatic carbocycles. The molecule has 0 radical (unpaired) electrons. The summed E-state index contributed by atoms with van der Waals surface area (Å²) in [6.07, 6.45) is 0.0683. The number of hydrogen-bond donors (Lipinski definition) is 2. The summed E-state index contributed by atoms with van der Waals surface area (Å²) < 4.78 is 5.50. The fourth-order valence-electron chi connectivity index (χ4n) is 1.61. The summed E-state index contributed by atoms with van der Waals surface area (Å²) in [7, 11) is 0. The van der Waals surface area contributed by atoms with Gasteiger partial charge < -0.3 is 14.8 Å². The van der Waals surface area contributed by atoms with Crippen molar-refractivity contribution in [1.29, 1.82) is 0 Å². The number of aliphatic carboxylic acids is 1. The molecule has 2 N–H and O–H groups in total. The standard InChI is InChI=1S/C13H15N3O3/c1-9-3-2-4-10(7-9)13-16-15-11(19-13)8-14-6-5-12(17)18/h2-4,7,14H,5-6,8H2,1H3,(H,17,18). The minimum absolute atomic E-state index is 0.0683. The Balaban J connectivity index is 1.94. The molecule has 1 aromatic heterocycles. The Labute approximate surface area is 110 Å². The highest BCUT2D eigenvalue weighted by Gasteiger charge is 2.08. The highest BCUT2D eigenvalue weighted by molar-refractivity contribution is 5.66. The molecule has 100 valence electrons. The maximum absolute atomic E-state index is 10.3. The second-order valence-corrected chi connectivity index (χ2v) is 4.19. The fraction of sp³-hybridized carbons (Fsp3) is 0.308. The Hall–Kier alpha value is -2.21. The third kappa shape index (κ3) is 3.89. The van der Waals surface area contributed by atoms with E-state index in [-0.39, 0.29) is 6.42 Å². The van der Waals surface area contributed by atoms with Gasteiger partial charge in [0.25, 0.3) is 0 Å². The summed E-state index contributed by atoms with van der Waals surface area (Å²) in [5.41, 5.74) is 2.00. The van der Waals surface area contributed by atoms with E-state index in [1.165, 1.54) is 0 Å². The molecule has 6 nitrogen and oxygen atoms in total. The van der Waals surface area contributed by atoms with Crippen LogP contribution in [0, 0.1) is 6.92 Å². The number of aryl methyl sites for hydroxylation is 1. The quantitative estimate of drug-likeness (QED) is 0.768. The molecule has 0 saturated heterocycles. The number of carboxylic acid groups (broad SMARTS) is 1. The SMILES string of the molecule is Cc1cccc(-c2nnc(CNCCC(=O)O)o2)c1. The molecular formula is C13H15N3O3. The minimum atomic E-state index is -0.835. The minimum Gasteiger partial charge on any atom is -0.481 e. The maximum Gasteiger partial charge on any atom is 0.304 e. The summed E-state index contributed by atoms with van der Waals surface area (Å²) in [5.74, 6) is 0.0825. The average Bonchev–Trinajstić information content (AvgIpc) is 2.83. The van der Waals surface area contributed by atoms with E-state index in [2.05, 4.69) is 15.5 Å². The van der Waals surface area contributed by atoms with E-state index in [9.17, 15) is 4.79 Å². The van der Waals surface area contributed by atoms with Crippen LogP contribution >= 0.6 is 0 Å².